The van der Waals surface area contributed by atoms with Crippen LogP contribution in [0.4, 0.5) is 10.6 Å². The fraction of sp³-hybridized carbons (Fsp3) is 0.462. The molecule has 102 valence electrons. The average molecular weight is 262 g/mol. The summed E-state index contributed by atoms with van der Waals surface area (Å²) in [6.45, 7) is 6.41. The van der Waals surface area contributed by atoms with Crippen molar-refractivity contribution in [3.8, 4) is 0 Å². The van der Waals surface area contributed by atoms with Gasteiger partial charge < -0.3 is 0 Å². The molecule has 0 radical (unpaired) electrons. The van der Waals surface area contributed by atoms with Crippen LogP contribution in [0, 0.1) is 12.8 Å². The minimum Gasteiger partial charge on any atom is -0.290 e. The van der Waals surface area contributed by atoms with Crippen molar-refractivity contribution in [1.82, 2.24) is 14.9 Å². The van der Waals surface area contributed by atoms with Gasteiger partial charge >= 0.3 is 6.03 Å². The summed E-state index contributed by atoms with van der Waals surface area (Å²) < 4.78 is 1.86. The minimum atomic E-state index is -0.393. The molecule has 6 nitrogen and oxygen atoms in total. The maximum absolute atomic E-state index is 11.8. The number of aromatic nitrogens is 2. The molecular formula is C13H18N4O2. The average Bonchev–Trinajstić information content (AvgIpc) is 2.68. The molecule has 1 aliphatic rings. The standard InChI is InChI=1S/C13H18N4O2/c1-9(2)4-6-16-10(3)14-8-12(16)17-7-5-11(18)15-13(17)19/h4,6,8-9H,5,7H2,1-3H3,(H,15,18,19)/b6-4-. The van der Waals surface area contributed by atoms with Crippen LogP contribution in [0.2, 0.25) is 0 Å². The summed E-state index contributed by atoms with van der Waals surface area (Å²) in [7, 11) is 0. The number of rotatable bonds is 3. The summed E-state index contributed by atoms with van der Waals surface area (Å²) in [5.41, 5.74) is 0. The molecule has 0 aromatic carbocycles. The summed E-state index contributed by atoms with van der Waals surface area (Å²) in [4.78, 5) is 28.8. The van der Waals surface area contributed by atoms with Crippen LogP contribution in [0.1, 0.15) is 26.1 Å². The summed E-state index contributed by atoms with van der Waals surface area (Å²) in [5, 5.41) is 2.31. The van der Waals surface area contributed by atoms with Crippen LogP contribution in [0.3, 0.4) is 0 Å². The molecule has 1 saturated heterocycles. The predicted octanol–water partition coefficient (Wildman–Crippen LogP) is 1.76. The van der Waals surface area contributed by atoms with Crippen molar-refractivity contribution >= 4 is 24.0 Å². The van der Waals surface area contributed by atoms with E-state index in [1.54, 1.807) is 6.20 Å². The van der Waals surface area contributed by atoms with Gasteiger partial charge in [0.1, 0.15) is 11.6 Å². The van der Waals surface area contributed by atoms with Crippen molar-refractivity contribution in [1.29, 1.82) is 0 Å². The lowest BCUT2D eigenvalue weighted by atomic mass is 10.2. The van der Waals surface area contributed by atoms with Crippen LogP contribution in [0.25, 0.3) is 6.20 Å². The molecule has 0 atom stereocenters. The fourth-order valence-electron chi connectivity index (χ4n) is 1.87. The molecule has 0 aliphatic carbocycles. The van der Waals surface area contributed by atoms with E-state index in [2.05, 4.69) is 24.1 Å². The van der Waals surface area contributed by atoms with E-state index in [4.69, 9.17) is 0 Å². The number of imidazole rings is 1. The number of imide groups is 1. The second kappa shape index (κ2) is 5.26. The summed E-state index contributed by atoms with van der Waals surface area (Å²) in [6, 6.07) is -0.393. The van der Waals surface area contributed by atoms with Gasteiger partial charge in [-0.1, -0.05) is 19.9 Å². The van der Waals surface area contributed by atoms with Crippen LogP contribution < -0.4 is 10.2 Å². The number of carbonyl (C=O) groups excluding carboxylic acids is 2. The lowest BCUT2D eigenvalue weighted by Crippen LogP contribution is -2.50. The van der Waals surface area contributed by atoms with Gasteiger partial charge in [0.05, 0.1) is 6.20 Å². The Hall–Kier alpha value is -2.11. The quantitative estimate of drug-likeness (QED) is 0.902. The number of carbonyl (C=O) groups is 2. The second-order valence-electron chi connectivity index (χ2n) is 4.87. The highest BCUT2D eigenvalue weighted by Crippen LogP contribution is 2.19. The molecule has 0 saturated carbocycles. The molecule has 19 heavy (non-hydrogen) atoms. The molecule has 3 amide bonds. The van der Waals surface area contributed by atoms with E-state index in [9.17, 15) is 9.59 Å². The summed E-state index contributed by atoms with van der Waals surface area (Å²) in [5.74, 6) is 1.66. The van der Waals surface area contributed by atoms with E-state index < -0.39 is 6.03 Å². The van der Waals surface area contributed by atoms with E-state index in [0.717, 1.165) is 5.82 Å². The molecule has 1 aromatic heterocycles. The molecule has 0 unspecified atom stereocenters. The third kappa shape index (κ3) is 2.83. The monoisotopic (exact) mass is 262 g/mol. The van der Waals surface area contributed by atoms with Crippen LogP contribution >= 0.6 is 0 Å². The van der Waals surface area contributed by atoms with Crippen LogP contribution in [-0.4, -0.2) is 28.0 Å². The predicted molar refractivity (Wildman–Crippen MR) is 72.6 cm³/mol. The number of hydrogen-bond donors (Lipinski definition) is 1. The lowest BCUT2D eigenvalue weighted by Gasteiger charge is -2.26. The first-order valence-electron chi connectivity index (χ1n) is 6.32. The van der Waals surface area contributed by atoms with Crippen molar-refractivity contribution < 1.29 is 9.59 Å². The highest BCUT2D eigenvalue weighted by atomic mass is 16.2. The smallest absolute Gasteiger partial charge is 0.290 e. The van der Waals surface area contributed by atoms with Crippen molar-refractivity contribution in [2.24, 2.45) is 5.92 Å². The molecule has 2 rings (SSSR count). The first-order valence-corrected chi connectivity index (χ1v) is 6.32. The summed E-state index contributed by atoms with van der Waals surface area (Å²) >= 11 is 0. The third-order valence-corrected chi connectivity index (χ3v) is 2.91. The van der Waals surface area contributed by atoms with Crippen molar-refractivity contribution in [2.75, 3.05) is 11.4 Å². The van der Waals surface area contributed by atoms with Crippen molar-refractivity contribution in [3.63, 3.8) is 0 Å². The Bertz CT molecular complexity index is 531. The molecule has 1 fully saturated rings. The lowest BCUT2D eigenvalue weighted by molar-refractivity contribution is -0.120. The number of urea groups is 1. The van der Waals surface area contributed by atoms with Crippen LogP contribution in [0.5, 0.6) is 0 Å². The number of amides is 3. The van der Waals surface area contributed by atoms with Gasteiger partial charge in [-0.25, -0.2) is 9.78 Å². The Labute approximate surface area is 112 Å². The van der Waals surface area contributed by atoms with E-state index in [0.29, 0.717) is 24.7 Å². The molecular weight excluding hydrogens is 244 g/mol. The van der Waals surface area contributed by atoms with E-state index in [-0.39, 0.29) is 5.91 Å². The molecule has 1 N–H and O–H groups in total. The normalized spacial score (nSPS) is 16.5. The SMILES string of the molecule is Cc1ncc(N2CCC(=O)NC2=O)n1/C=C\C(C)C. The number of nitrogens with zero attached hydrogens (tertiary/aromatic N) is 3. The van der Waals surface area contributed by atoms with Crippen molar-refractivity contribution in [3.05, 3.63) is 18.1 Å². The minimum absolute atomic E-state index is 0.234. The number of hydrogen-bond acceptors (Lipinski definition) is 3. The molecule has 1 aromatic rings. The number of nitrogens with one attached hydrogen (secondary N) is 1. The molecule has 0 spiro atoms. The van der Waals surface area contributed by atoms with E-state index >= 15 is 0 Å². The number of allylic oxidation sites excluding steroid dienone is 1. The Balaban J connectivity index is 2.30. The van der Waals surface area contributed by atoms with E-state index in [1.165, 1.54) is 4.90 Å². The molecule has 1 aliphatic heterocycles. The maximum Gasteiger partial charge on any atom is 0.329 e. The third-order valence-electron chi connectivity index (χ3n) is 2.91. The van der Waals surface area contributed by atoms with Gasteiger partial charge in [0.25, 0.3) is 0 Å². The Kier molecular flexibility index (Phi) is 3.69. The number of aryl methyl sites for hydroxylation is 1. The first-order chi connectivity index (χ1) is 8.99. The maximum atomic E-state index is 11.8. The zero-order valence-corrected chi connectivity index (χ0v) is 11.4. The first kappa shape index (κ1) is 13.3. The van der Waals surface area contributed by atoms with Gasteiger partial charge in [-0.3, -0.25) is 19.6 Å². The fourth-order valence-corrected chi connectivity index (χ4v) is 1.87. The van der Waals surface area contributed by atoms with Crippen LogP contribution in [0.15, 0.2) is 12.3 Å². The van der Waals surface area contributed by atoms with Gasteiger partial charge in [0.2, 0.25) is 5.91 Å². The van der Waals surface area contributed by atoms with E-state index in [1.807, 2.05) is 23.8 Å². The second-order valence-corrected chi connectivity index (χ2v) is 4.87. The zero-order chi connectivity index (χ0) is 14.0. The highest BCUT2D eigenvalue weighted by Gasteiger charge is 2.26. The Morgan fingerprint density at radius 2 is 2.16 bits per heavy atom. The molecule has 0 bridgehead atoms. The largest absolute Gasteiger partial charge is 0.329 e. The Morgan fingerprint density at radius 1 is 1.42 bits per heavy atom. The topological polar surface area (TPSA) is 67.2 Å². The van der Waals surface area contributed by atoms with Gasteiger partial charge in [0, 0.05) is 19.2 Å². The summed E-state index contributed by atoms with van der Waals surface area (Å²) in [6.07, 6.45) is 5.90. The Morgan fingerprint density at radius 3 is 2.79 bits per heavy atom. The van der Waals surface area contributed by atoms with Gasteiger partial charge in [-0.15, -0.1) is 0 Å². The van der Waals surface area contributed by atoms with Crippen LogP contribution in [-0.2, 0) is 4.79 Å². The molecule has 6 heteroatoms. The molecule has 2 heterocycles. The zero-order valence-electron chi connectivity index (χ0n) is 11.4. The van der Waals surface area contributed by atoms with Crippen molar-refractivity contribution in [2.45, 2.75) is 27.2 Å². The van der Waals surface area contributed by atoms with Gasteiger partial charge in [0.15, 0.2) is 0 Å². The van der Waals surface area contributed by atoms with Gasteiger partial charge in [-0.05, 0) is 12.8 Å². The highest BCUT2D eigenvalue weighted by molar-refractivity contribution is 6.05. The number of anilines is 1. The van der Waals surface area contributed by atoms with Gasteiger partial charge in [-0.2, -0.15) is 0 Å².